The minimum absolute atomic E-state index is 0.684. The molecule has 1 aliphatic carbocycles. The lowest BCUT2D eigenvalue weighted by Gasteiger charge is -2.32. The number of nitrogens with zero attached hydrogens (tertiary/aromatic N) is 2. The molecule has 0 bridgehead atoms. The smallest absolute Gasteiger partial charge is 0.0594 e. The van der Waals surface area contributed by atoms with Gasteiger partial charge in [-0.3, -0.25) is 9.80 Å². The Hall–Kier alpha value is -0.120. The zero-order valence-corrected chi connectivity index (χ0v) is 11.7. The average Bonchev–Trinajstić information content (AvgIpc) is 3.01. The summed E-state index contributed by atoms with van der Waals surface area (Å²) in [5, 5.41) is 0. The van der Waals surface area contributed by atoms with Gasteiger partial charge in [-0.15, -0.1) is 0 Å². The van der Waals surface area contributed by atoms with E-state index in [9.17, 15) is 0 Å². The van der Waals surface area contributed by atoms with Gasteiger partial charge in [0.25, 0.3) is 0 Å². The summed E-state index contributed by atoms with van der Waals surface area (Å²) in [6, 6.07) is 0.684. The minimum Gasteiger partial charge on any atom is -0.379 e. The van der Waals surface area contributed by atoms with Crippen molar-refractivity contribution < 1.29 is 4.74 Å². The third kappa shape index (κ3) is 4.23. The zero-order valence-electron chi connectivity index (χ0n) is 11.7. The van der Waals surface area contributed by atoms with Crippen LogP contribution >= 0.6 is 0 Å². The first kappa shape index (κ1) is 13.3. The molecule has 0 N–H and O–H groups in total. The van der Waals surface area contributed by atoms with Crippen LogP contribution in [0.25, 0.3) is 0 Å². The average molecular weight is 240 g/mol. The molecule has 0 amide bonds. The van der Waals surface area contributed by atoms with Crippen LogP contribution in [0.15, 0.2) is 0 Å². The summed E-state index contributed by atoms with van der Waals surface area (Å²) in [7, 11) is 0. The fourth-order valence-corrected chi connectivity index (χ4v) is 2.61. The Morgan fingerprint density at radius 3 is 2.47 bits per heavy atom. The highest BCUT2D eigenvalue weighted by molar-refractivity contribution is 4.86. The van der Waals surface area contributed by atoms with Crippen molar-refractivity contribution in [3.63, 3.8) is 0 Å². The van der Waals surface area contributed by atoms with E-state index >= 15 is 0 Å². The molecule has 17 heavy (non-hydrogen) atoms. The summed E-state index contributed by atoms with van der Waals surface area (Å²) >= 11 is 0. The monoisotopic (exact) mass is 240 g/mol. The Labute approximate surface area is 106 Å². The zero-order chi connectivity index (χ0) is 12.3. The molecule has 3 nitrogen and oxygen atoms in total. The minimum atomic E-state index is 0.684. The highest BCUT2D eigenvalue weighted by atomic mass is 16.5. The highest BCUT2D eigenvalue weighted by Crippen LogP contribution is 2.38. The summed E-state index contributed by atoms with van der Waals surface area (Å²) in [6.07, 6.45) is 1.45. The maximum Gasteiger partial charge on any atom is 0.0594 e. The highest BCUT2D eigenvalue weighted by Gasteiger charge is 2.34. The Morgan fingerprint density at radius 2 is 1.94 bits per heavy atom. The molecule has 0 spiro atoms. The van der Waals surface area contributed by atoms with Crippen LogP contribution in [-0.4, -0.2) is 61.8 Å². The number of hydrogen-bond donors (Lipinski definition) is 0. The van der Waals surface area contributed by atoms with Gasteiger partial charge in [-0.25, -0.2) is 0 Å². The Kier molecular flexibility index (Phi) is 4.83. The van der Waals surface area contributed by atoms with E-state index in [1.54, 1.807) is 0 Å². The van der Waals surface area contributed by atoms with Crippen LogP contribution in [0, 0.1) is 11.8 Å². The SMILES string of the molecule is CC(C)N(CCN1CCOCC1)C[C@H]1C[C@@H]1C. The van der Waals surface area contributed by atoms with Gasteiger partial charge in [0.15, 0.2) is 0 Å². The van der Waals surface area contributed by atoms with Gasteiger partial charge in [0.2, 0.25) is 0 Å². The fraction of sp³-hybridized carbons (Fsp3) is 1.00. The molecule has 1 heterocycles. The number of rotatable bonds is 6. The van der Waals surface area contributed by atoms with E-state index in [1.807, 2.05) is 0 Å². The van der Waals surface area contributed by atoms with E-state index in [0.717, 1.165) is 38.1 Å². The van der Waals surface area contributed by atoms with E-state index in [2.05, 4.69) is 30.6 Å². The van der Waals surface area contributed by atoms with Gasteiger partial charge in [0.05, 0.1) is 13.2 Å². The van der Waals surface area contributed by atoms with Crippen LogP contribution in [0.3, 0.4) is 0 Å². The van der Waals surface area contributed by atoms with Crippen LogP contribution in [0.2, 0.25) is 0 Å². The van der Waals surface area contributed by atoms with E-state index in [-0.39, 0.29) is 0 Å². The molecule has 1 saturated carbocycles. The number of hydrogen-bond acceptors (Lipinski definition) is 3. The molecule has 1 saturated heterocycles. The molecule has 1 aliphatic heterocycles. The van der Waals surface area contributed by atoms with Crippen LogP contribution in [0.1, 0.15) is 27.2 Å². The lowest BCUT2D eigenvalue weighted by Crippen LogP contribution is -2.43. The molecule has 2 atom stereocenters. The second kappa shape index (κ2) is 6.17. The Bertz CT molecular complexity index is 226. The molecule has 2 fully saturated rings. The molecule has 0 aromatic heterocycles. The molecular weight excluding hydrogens is 212 g/mol. The molecule has 0 radical (unpaired) electrons. The van der Waals surface area contributed by atoms with Gasteiger partial charge in [-0.05, 0) is 32.1 Å². The van der Waals surface area contributed by atoms with E-state index in [0.29, 0.717) is 6.04 Å². The van der Waals surface area contributed by atoms with E-state index < -0.39 is 0 Å². The molecular formula is C14H28N2O. The van der Waals surface area contributed by atoms with Crippen molar-refractivity contribution in [3.8, 4) is 0 Å². The van der Waals surface area contributed by atoms with Crippen molar-refractivity contribution in [3.05, 3.63) is 0 Å². The molecule has 0 aromatic rings. The summed E-state index contributed by atoms with van der Waals surface area (Å²) in [6.45, 7) is 14.8. The lowest BCUT2D eigenvalue weighted by atomic mass is 10.2. The van der Waals surface area contributed by atoms with Gasteiger partial charge < -0.3 is 4.74 Å². The van der Waals surface area contributed by atoms with Crippen molar-refractivity contribution in [2.45, 2.75) is 33.2 Å². The maximum atomic E-state index is 5.39. The first-order chi connectivity index (χ1) is 8.16. The van der Waals surface area contributed by atoms with Crippen molar-refractivity contribution in [1.29, 1.82) is 0 Å². The number of morpholine rings is 1. The number of ether oxygens (including phenoxy) is 1. The second-order valence-corrected chi connectivity index (χ2v) is 6.02. The first-order valence-corrected chi connectivity index (χ1v) is 7.21. The van der Waals surface area contributed by atoms with Gasteiger partial charge >= 0.3 is 0 Å². The van der Waals surface area contributed by atoms with Crippen LogP contribution in [-0.2, 0) is 4.74 Å². The summed E-state index contributed by atoms with van der Waals surface area (Å²) in [4.78, 5) is 5.19. The van der Waals surface area contributed by atoms with E-state index in [1.165, 1.54) is 26.1 Å². The van der Waals surface area contributed by atoms with Gasteiger partial charge in [0, 0.05) is 38.8 Å². The molecule has 2 rings (SSSR count). The van der Waals surface area contributed by atoms with Crippen molar-refractivity contribution in [2.75, 3.05) is 45.9 Å². The van der Waals surface area contributed by atoms with Crippen LogP contribution in [0.5, 0.6) is 0 Å². The molecule has 0 aromatic carbocycles. The summed E-state index contributed by atoms with van der Waals surface area (Å²) in [5.74, 6) is 1.95. The largest absolute Gasteiger partial charge is 0.379 e. The molecule has 2 aliphatic rings. The standard InChI is InChI=1S/C14H28N2O/c1-12(2)16(11-14-10-13(14)3)5-4-15-6-8-17-9-7-15/h12-14H,4-11H2,1-3H3/t13-,14+/m0/s1. The predicted octanol–water partition coefficient (Wildman–Crippen LogP) is 1.69. The fourth-order valence-electron chi connectivity index (χ4n) is 2.61. The second-order valence-electron chi connectivity index (χ2n) is 6.02. The quantitative estimate of drug-likeness (QED) is 0.702. The summed E-state index contributed by atoms with van der Waals surface area (Å²) in [5.41, 5.74) is 0. The maximum absolute atomic E-state index is 5.39. The third-order valence-corrected chi connectivity index (χ3v) is 4.28. The Morgan fingerprint density at radius 1 is 1.29 bits per heavy atom. The molecule has 3 heteroatoms. The molecule has 0 unspecified atom stereocenters. The predicted molar refractivity (Wildman–Crippen MR) is 71.2 cm³/mol. The summed E-state index contributed by atoms with van der Waals surface area (Å²) < 4.78 is 5.39. The Balaban J connectivity index is 1.69. The van der Waals surface area contributed by atoms with Crippen LogP contribution in [0.4, 0.5) is 0 Å². The van der Waals surface area contributed by atoms with Crippen molar-refractivity contribution in [2.24, 2.45) is 11.8 Å². The van der Waals surface area contributed by atoms with Gasteiger partial charge in [-0.1, -0.05) is 6.92 Å². The van der Waals surface area contributed by atoms with Crippen molar-refractivity contribution >= 4 is 0 Å². The van der Waals surface area contributed by atoms with Crippen LogP contribution < -0.4 is 0 Å². The normalized spacial score (nSPS) is 30.2. The first-order valence-electron chi connectivity index (χ1n) is 7.21. The van der Waals surface area contributed by atoms with E-state index in [4.69, 9.17) is 4.74 Å². The van der Waals surface area contributed by atoms with Gasteiger partial charge in [0.1, 0.15) is 0 Å². The molecule has 100 valence electrons. The third-order valence-electron chi connectivity index (χ3n) is 4.28. The van der Waals surface area contributed by atoms with Gasteiger partial charge in [-0.2, -0.15) is 0 Å². The van der Waals surface area contributed by atoms with Crippen molar-refractivity contribution in [1.82, 2.24) is 9.80 Å². The topological polar surface area (TPSA) is 15.7 Å². The lowest BCUT2D eigenvalue weighted by molar-refractivity contribution is 0.0313.